The number of hydrogen-bond donors (Lipinski definition) is 2. The zero-order chi connectivity index (χ0) is 20.9. The minimum Gasteiger partial charge on any atom is -0.383 e. The number of piperazine rings is 1. The number of pyridine rings is 1. The van der Waals surface area contributed by atoms with Crippen molar-refractivity contribution in [2.45, 2.75) is 6.42 Å². The van der Waals surface area contributed by atoms with Gasteiger partial charge in [-0.05, 0) is 17.7 Å². The minimum atomic E-state index is 0.111. The van der Waals surface area contributed by atoms with Crippen LogP contribution in [-0.2, 0) is 11.2 Å². The molecule has 3 aromatic rings. The van der Waals surface area contributed by atoms with Crippen molar-refractivity contribution in [3.05, 3.63) is 65.2 Å². The lowest BCUT2D eigenvalue weighted by Crippen LogP contribution is -2.49. The van der Waals surface area contributed by atoms with Gasteiger partial charge in [-0.1, -0.05) is 48.0 Å². The molecule has 0 unspecified atom stereocenters. The lowest BCUT2D eigenvalue weighted by molar-refractivity contribution is -0.130. The number of fused-ring (bicyclic) bond motifs is 1. The van der Waals surface area contributed by atoms with Crippen molar-refractivity contribution in [1.29, 1.82) is 0 Å². The molecule has 0 atom stereocenters. The average molecular weight is 424 g/mol. The van der Waals surface area contributed by atoms with Crippen LogP contribution in [0.3, 0.4) is 0 Å². The largest absolute Gasteiger partial charge is 0.383 e. The van der Waals surface area contributed by atoms with Gasteiger partial charge >= 0.3 is 0 Å². The predicted molar refractivity (Wildman–Crippen MR) is 123 cm³/mol. The lowest BCUT2D eigenvalue weighted by Gasteiger charge is -2.36. The molecule has 0 bridgehead atoms. The Bertz CT molecular complexity index is 1030. The van der Waals surface area contributed by atoms with E-state index in [-0.39, 0.29) is 5.91 Å². The maximum absolute atomic E-state index is 12.7. The van der Waals surface area contributed by atoms with Gasteiger partial charge in [0.1, 0.15) is 5.82 Å². The van der Waals surface area contributed by atoms with Crippen LogP contribution in [0.4, 0.5) is 11.5 Å². The maximum atomic E-state index is 12.7. The number of rotatable bonds is 6. The van der Waals surface area contributed by atoms with Gasteiger partial charge in [-0.15, -0.1) is 0 Å². The van der Waals surface area contributed by atoms with E-state index in [1.54, 1.807) is 0 Å². The standard InChI is InChI=1S/C23H26ClN5O/c24-19-7-3-1-5-17(19)15-23(30)29-13-11-28(12-14-29)22-16-21(26-10-9-25)18-6-2-4-8-20(18)27-22/h1-8,16H,9-15,25H2,(H,26,27). The molecule has 0 radical (unpaired) electrons. The highest BCUT2D eigenvalue weighted by molar-refractivity contribution is 6.31. The SMILES string of the molecule is NCCNc1cc(N2CCN(C(=O)Cc3ccccc3Cl)CC2)nc2ccccc12. The summed E-state index contributed by atoms with van der Waals surface area (Å²) < 4.78 is 0. The van der Waals surface area contributed by atoms with Gasteiger partial charge in [-0.25, -0.2) is 4.98 Å². The fourth-order valence-electron chi connectivity index (χ4n) is 3.78. The van der Waals surface area contributed by atoms with Crippen LogP contribution in [0, 0.1) is 0 Å². The maximum Gasteiger partial charge on any atom is 0.227 e. The summed E-state index contributed by atoms with van der Waals surface area (Å²) in [4.78, 5) is 21.7. The van der Waals surface area contributed by atoms with Crippen molar-refractivity contribution < 1.29 is 4.79 Å². The summed E-state index contributed by atoms with van der Waals surface area (Å²) in [5, 5.41) is 5.14. The molecule has 0 saturated carbocycles. The molecule has 7 heteroatoms. The van der Waals surface area contributed by atoms with Gasteiger partial charge in [0.25, 0.3) is 0 Å². The third-order valence-electron chi connectivity index (χ3n) is 5.42. The van der Waals surface area contributed by atoms with E-state index < -0.39 is 0 Å². The Balaban J connectivity index is 1.45. The van der Waals surface area contributed by atoms with E-state index in [1.165, 1.54) is 0 Å². The number of nitrogens with two attached hydrogens (primary N) is 1. The number of hydrogen-bond acceptors (Lipinski definition) is 5. The van der Waals surface area contributed by atoms with Crippen molar-refractivity contribution in [1.82, 2.24) is 9.88 Å². The number of halogens is 1. The van der Waals surface area contributed by atoms with E-state index in [2.05, 4.69) is 22.3 Å². The van der Waals surface area contributed by atoms with Crippen LogP contribution in [0.25, 0.3) is 10.9 Å². The lowest BCUT2D eigenvalue weighted by atomic mass is 10.1. The second-order valence-corrected chi connectivity index (χ2v) is 7.80. The summed E-state index contributed by atoms with van der Waals surface area (Å²) in [6.07, 6.45) is 0.334. The van der Waals surface area contributed by atoms with Crippen molar-refractivity contribution >= 4 is 39.9 Å². The first kappa shape index (κ1) is 20.4. The van der Waals surface area contributed by atoms with Gasteiger partial charge < -0.3 is 20.9 Å². The first-order chi connectivity index (χ1) is 14.7. The Morgan fingerprint density at radius 3 is 2.57 bits per heavy atom. The molecule has 1 aliphatic heterocycles. The molecule has 6 nitrogen and oxygen atoms in total. The number of nitrogens with zero attached hydrogens (tertiary/aromatic N) is 3. The van der Waals surface area contributed by atoms with Crippen molar-refractivity contribution in [2.75, 3.05) is 49.5 Å². The number of carbonyl (C=O) groups is 1. The fourth-order valence-corrected chi connectivity index (χ4v) is 3.98. The van der Waals surface area contributed by atoms with E-state index in [0.717, 1.165) is 41.1 Å². The number of aromatic nitrogens is 1. The number of anilines is 2. The van der Waals surface area contributed by atoms with E-state index >= 15 is 0 Å². The average Bonchev–Trinajstić information content (AvgIpc) is 2.79. The second kappa shape index (κ2) is 9.32. The van der Waals surface area contributed by atoms with E-state index in [0.29, 0.717) is 37.6 Å². The smallest absolute Gasteiger partial charge is 0.227 e. The van der Waals surface area contributed by atoms with Crippen molar-refractivity contribution in [2.24, 2.45) is 5.73 Å². The van der Waals surface area contributed by atoms with Crippen LogP contribution in [0.15, 0.2) is 54.6 Å². The van der Waals surface area contributed by atoms with E-state index in [9.17, 15) is 4.79 Å². The fraction of sp³-hybridized carbons (Fsp3) is 0.304. The van der Waals surface area contributed by atoms with Crippen molar-refractivity contribution in [3.63, 3.8) is 0 Å². The van der Waals surface area contributed by atoms with Crippen LogP contribution in [-0.4, -0.2) is 55.1 Å². The van der Waals surface area contributed by atoms with Gasteiger partial charge in [0.2, 0.25) is 5.91 Å². The molecule has 0 spiro atoms. The van der Waals surface area contributed by atoms with Gasteiger partial charge in [0.15, 0.2) is 0 Å². The Kier molecular flexibility index (Phi) is 6.35. The Morgan fingerprint density at radius 1 is 1.07 bits per heavy atom. The van der Waals surface area contributed by atoms with Gasteiger partial charge in [-0.3, -0.25) is 4.79 Å². The van der Waals surface area contributed by atoms with Crippen LogP contribution < -0.4 is 16.0 Å². The predicted octanol–water partition coefficient (Wildman–Crippen LogP) is 3.15. The topological polar surface area (TPSA) is 74.5 Å². The van der Waals surface area contributed by atoms with E-state index in [1.807, 2.05) is 47.4 Å². The number of para-hydroxylation sites is 1. The molecule has 4 rings (SSSR count). The molecule has 1 amide bonds. The summed E-state index contributed by atoms with van der Waals surface area (Å²) in [6.45, 7) is 4.11. The number of carbonyl (C=O) groups excluding carboxylic acids is 1. The summed E-state index contributed by atoms with van der Waals surface area (Å²) in [7, 11) is 0. The summed E-state index contributed by atoms with van der Waals surface area (Å²) >= 11 is 6.21. The Labute approximate surface area is 181 Å². The molecule has 0 aliphatic carbocycles. The van der Waals surface area contributed by atoms with Crippen molar-refractivity contribution in [3.8, 4) is 0 Å². The highest BCUT2D eigenvalue weighted by atomic mass is 35.5. The van der Waals surface area contributed by atoms with Gasteiger partial charge in [0.05, 0.1) is 11.9 Å². The number of amides is 1. The molecule has 1 aromatic heterocycles. The molecule has 2 heterocycles. The molecule has 1 aliphatic rings. The summed E-state index contributed by atoms with van der Waals surface area (Å²) in [6, 6.07) is 17.7. The van der Waals surface area contributed by atoms with Crippen LogP contribution in [0.1, 0.15) is 5.56 Å². The van der Waals surface area contributed by atoms with Crippen LogP contribution in [0.2, 0.25) is 5.02 Å². The first-order valence-electron chi connectivity index (χ1n) is 10.3. The second-order valence-electron chi connectivity index (χ2n) is 7.40. The van der Waals surface area contributed by atoms with Crippen LogP contribution >= 0.6 is 11.6 Å². The number of benzene rings is 2. The summed E-state index contributed by atoms with van der Waals surface area (Å²) in [5.74, 6) is 1.03. The minimum absolute atomic E-state index is 0.111. The van der Waals surface area contributed by atoms with Crippen LogP contribution in [0.5, 0.6) is 0 Å². The molecule has 3 N–H and O–H groups in total. The highest BCUT2D eigenvalue weighted by Crippen LogP contribution is 2.27. The molecule has 1 fully saturated rings. The Morgan fingerprint density at radius 2 is 1.80 bits per heavy atom. The third kappa shape index (κ3) is 4.50. The molecule has 30 heavy (non-hydrogen) atoms. The third-order valence-corrected chi connectivity index (χ3v) is 5.79. The quantitative estimate of drug-likeness (QED) is 0.637. The van der Waals surface area contributed by atoms with Gasteiger partial charge in [-0.2, -0.15) is 0 Å². The molecule has 1 saturated heterocycles. The Hall–Kier alpha value is -2.83. The highest BCUT2D eigenvalue weighted by Gasteiger charge is 2.23. The molecule has 156 valence electrons. The normalized spacial score (nSPS) is 14.2. The van der Waals surface area contributed by atoms with E-state index in [4.69, 9.17) is 22.3 Å². The summed E-state index contributed by atoms with van der Waals surface area (Å²) in [5.41, 5.74) is 8.54. The zero-order valence-corrected chi connectivity index (χ0v) is 17.6. The first-order valence-corrected chi connectivity index (χ1v) is 10.6. The molecule has 2 aromatic carbocycles. The zero-order valence-electron chi connectivity index (χ0n) is 16.9. The monoisotopic (exact) mass is 423 g/mol. The molecular weight excluding hydrogens is 398 g/mol. The number of nitrogens with one attached hydrogen (secondary N) is 1. The molecular formula is C23H26ClN5O. The van der Waals surface area contributed by atoms with Gasteiger partial charge in [0, 0.05) is 61.4 Å².